The number of rotatable bonds is 8. The van der Waals surface area contributed by atoms with Crippen LogP contribution in [0.3, 0.4) is 0 Å². The summed E-state index contributed by atoms with van der Waals surface area (Å²) in [4.78, 5) is 11.8. The van der Waals surface area contributed by atoms with Gasteiger partial charge in [-0.15, -0.1) is 23.4 Å². The van der Waals surface area contributed by atoms with Crippen molar-refractivity contribution >= 4 is 29.3 Å². The van der Waals surface area contributed by atoms with Gasteiger partial charge >= 0.3 is 5.97 Å². The highest BCUT2D eigenvalue weighted by molar-refractivity contribution is 8.00. The van der Waals surface area contributed by atoms with Gasteiger partial charge in [-0.25, -0.2) is 0 Å². The van der Waals surface area contributed by atoms with Gasteiger partial charge in [0.2, 0.25) is 0 Å². The van der Waals surface area contributed by atoms with E-state index >= 15 is 0 Å². The summed E-state index contributed by atoms with van der Waals surface area (Å²) in [5, 5.41) is 0.164. The standard InChI is InChI=1S/C19H21ClO2S/c1-2-22-18(21)13-17(14-20)23-19(15-9-5-3-6-10-15)16-11-7-4-8-12-16/h3-12,17,19H,2,13-14H2,1H3. The molecule has 0 N–H and O–H groups in total. The maximum absolute atomic E-state index is 11.8. The van der Waals surface area contributed by atoms with Crippen molar-refractivity contribution in [2.24, 2.45) is 0 Å². The van der Waals surface area contributed by atoms with Crippen molar-refractivity contribution in [1.29, 1.82) is 0 Å². The Kier molecular flexibility index (Phi) is 7.50. The summed E-state index contributed by atoms with van der Waals surface area (Å²) in [6.45, 7) is 2.22. The fraction of sp³-hybridized carbons (Fsp3) is 0.316. The van der Waals surface area contributed by atoms with Crippen LogP contribution >= 0.6 is 23.4 Å². The minimum atomic E-state index is -0.189. The van der Waals surface area contributed by atoms with Crippen molar-refractivity contribution in [2.45, 2.75) is 23.8 Å². The summed E-state index contributed by atoms with van der Waals surface area (Å²) in [6, 6.07) is 20.6. The lowest BCUT2D eigenvalue weighted by Gasteiger charge is -2.22. The quantitative estimate of drug-likeness (QED) is 0.492. The molecule has 0 amide bonds. The molecule has 122 valence electrons. The molecule has 0 aliphatic heterocycles. The average molecular weight is 349 g/mol. The van der Waals surface area contributed by atoms with Crippen molar-refractivity contribution < 1.29 is 9.53 Å². The maximum atomic E-state index is 11.8. The predicted octanol–water partition coefficient (Wildman–Crippen LogP) is 5.07. The van der Waals surface area contributed by atoms with E-state index in [2.05, 4.69) is 24.3 Å². The normalized spacial score (nSPS) is 12.1. The Bertz CT molecular complexity index is 549. The molecule has 2 rings (SSSR count). The molecule has 2 nitrogen and oxygen atoms in total. The average Bonchev–Trinajstić information content (AvgIpc) is 2.60. The predicted molar refractivity (Wildman–Crippen MR) is 98.1 cm³/mol. The number of carbonyl (C=O) groups excluding carboxylic acids is 1. The molecule has 0 spiro atoms. The van der Waals surface area contributed by atoms with Crippen molar-refractivity contribution in [3.8, 4) is 0 Å². The zero-order valence-electron chi connectivity index (χ0n) is 13.2. The maximum Gasteiger partial charge on any atom is 0.306 e. The van der Waals surface area contributed by atoms with E-state index in [1.165, 1.54) is 11.1 Å². The lowest BCUT2D eigenvalue weighted by Crippen LogP contribution is -2.16. The van der Waals surface area contributed by atoms with Crippen LogP contribution in [-0.2, 0) is 9.53 Å². The molecule has 0 saturated heterocycles. The van der Waals surface area contributed by atoms with Crippen LogP contribution in [0.5, 0.6) is 0 Å². The third-order valence-electron chi connectivity index (χ3n) is 3.40. The van der Waals surface area contributed by atoms with Gasteiger partial charge in [0.1, 0.15) is 0 Å². The van der Waals surface area contributed by atoms with Crippen LogP contribution in [0.4, 0.5) is 0 Å². The van der Waals surface area contributed by atoms with Crippen molar-refractivity contribution in [3.63, 3.8) is 0 Å². The second-order valence-corrected chi connectivity index (χ2v) is 6.84. The minimum Gasteiger partial charge on any atom is -0.466 e. The van der Waals surface area contributed by atoms with Crippen LogP contribution in [0.1, 0.15) is 29.7 Å². The molecule has 0 aromatic heterocycles. The molecule has 0 heterocycles. The van der Waals surface area contributed by atoms with E-state index in [0.29, 0.717) is 18.9 Å². The van der Waals surface area contributed by atoms with Gasteiger partial charge in [-0.2, -0.15) is 0 Å². The van der Waals surface area contributed by atoms with Gasteiger partial charge in [-0.1, -0.05) is 60.7 Å². The van der Waals surface area contributed by atoms with Gasteiger partial charge in [0.15, 0.2) is 0 Å². The number of benzene rings is 2. The molecule has 0 radical (unpaired) electrons. The molecule has 4 heteroatoms. The Labute approximate surface area is 147 Å². The Hall–Kier alpha value is -1.45. The molecule has 0 saturated carbocycles. The smallest absolute Gasteiger partial charge is 0.306 e. The fourth-order valence-electron chi connectivity index (χ4n) is 2.34. The van der Waals surface area contributed by atoms with Crippen molar-refractivity contribution in [3.05, 3.63) is 71.8 Å². The highest BCUT2D eigenvalue weighted by Crippen LogP contribution is 2.39. The van der Waals surface area contributed by atoms with Crippen LogP contribution in [0.15, 0.2) is 60.7 Å². The molecular formula is C19H21ClO2S. The van der Waals surface area contributed by atoms with Gasteiger partial charge < -0.3 is 4.74 Å². The SMILES string of the molecule is CCOC(=O)CC(CCl)SC(c1ccccc1)c1ccccc1. The molecule has 0 aliphatic carbocycles. The first-order chi connectivity index (χ1) is 11.2. The summed E-state index contributed by atoms with van der Waals surface area (Å²) < 4.78 is 5.06. The van der Waals surface area contributed by atoms with Gasteiger partial charge in [0.05, 0.1) is 18.3 Å². The molecule has 0 fully saturated rings. The molecule has 23 heavy (non-hydrogen) atoms. The Morgan fingerprint density at radius 3 is 2.00 bits per heavy atom. The van der Waals surface area contributed by atoms with E-state index in [-0.39, 0.29) is 16.5 Å². The molecular weight excluding hydrogens is 328 g/mol. The highest BCUT2D eigenvalue weighted by Gasteiger charge is 2.22. The molecule has 2 aromatic rings. The Morgan fingerprint density at radius 1 is 1.04 bits per heavy atom. The number of esters is 1. The number of carbonyl (C=O) groups is 1. The van der Waals surface area contributed by atoms with E-state index in [0.717, 1.165) is 0 Å². The van der Waals surface area contributed by atoms with E-state index < -0.39 is 0 Å². The first kappa shape index (κ1) is 17.9. The van der Waals surface area contributed by atoms with Crippen molar-refractivity contribution in [2.75, 3.05) is 12.5 Å². The van der Waals surface area contributed by atoms with Gasteiger partial charge in [-0.05, 0) is 18.1 Å². The fourth-order valence-corrected chi connectivity index (χ4v) is 3.99. The number of hydrogen-bond donors (Lipinski definition) is 0. The number of alkyl halides is 1. The van der Waals surface area contributed by atoms with Gasteiger partial charge in [0.25, 0.3) is 0 Å². The zero-order chi connectivity index (χ0) is 16.5. The minimum absolute atomic E-state index is 0.0149. The molecule has 1 unspecified atom stereocenters. The van der Waals surface area contributed by atoms with E-state index in [1.807, 2.05) is 43.3 Å². The number of ether oxygens (including phenoxy) is 1. The summed E-state index contributed by atoms with van der Waals surface area (Å²) in [5.74, 6) is 0.227. The monoisotopic (exact) mass is 348 g/mol. The van der Waals surface area contributed by atoms with E-state index in [9.17, 15) is 4.79 Å². The largest absolute Gasteiger partial charge is 0.466 e. The molecule has 2 aromatic carbocycles. The third kappa shape index (κ3) is 5.60. The summed E-state index contributed by atoms with van der Waals surface area (Å²) in [7, 11) is 0. The third-order valence-corrected chi connectivity index (χ3v) is 5.50. The second-order valence-electron chi connectivity index (χ2n) is 5.12. The summed E-state index contributed by atoms with van der Waals surface area (Å²) >= 11 is 7.82. The zero-order valence-corrected chi connectivity index (χ0v) is 14.7. The topological polar surface area (TPSA) is 26.3 Å². The number of halogens is 1. The summed E-state index contributed by atoms with van der Waals surface area (Å²) in [6.07, 6.45) is 0.332. The lowest BCUT2D eigenvalue weighted by molar-refractivity contribution is -0.142. The van der Waals surface area contributed by atoms with Crippen LogP contribution in [-0.4, -0.2) is 23.7 Å². The molecule has 0 bridgehead atoms. The van der Waals surface area contributed by atoms with Crippen LogP contribution in [0, 0.1) is 0 Å². The summed E-state index contributed by atoms with van der Waals surface area (Å²) in [5.41, 5.74) is 2.42. The lowest BCUT2D eigenvalue weighted by atomic mass is 10.0. The van der Waals surface area contributed by atoms with Crippen LogP contribution < -0.4 is 0 Å². The number of hydrogen-bond acceptors (Lipinski definition) is 3. The molecule has 0 aliphatic rings. The van der Waals surface area contributed by atoms with E-state index in [1.54, 1.807) is 11.8 Å². The highest BCUT2D eigenvalue weighted by atomic mass is 35.5. The first-order valence-corrected chi connectivity index (χ1v) is 9.19. The molecule has 1 atom stereocenters. The van der Waals surface area contributed by atoms with E-state index in [4.69, 9.17) is 16.3 Å². The van der Waals surface area contributed by atoms with Crippen LogP contribution in [0.2, 0.25) is 0 Å². The van der Waals surface area contributed by atoms with Gasteiger partial charge in [0, 0.05) is 11.1 Å². The van der Waals surface area contributed by atoms with Crippen molar-refractivity contribution in [1.82, 2.24) is 0 Å². The Balaban J connectivity index is 2.19. The van der Waals surface area contributed by atoms with Gasteiger partial charge in [-0.3, -0.25) is 4.79 Å². The Morgan fingerprint density at radius 2 is 1.57 bits per heavy atom. The number of thioether (sulfide) groups is 1. The second kappa shape index (κ2) is 9.64. The van der Waals surface area contributed by atoms with Crippen LogP contribution in [0.25, 0.3) is 0 Å². The first-order valence-electron chi connectivity index (χ1n) is 7.71.